The second-order valence-corrected chi connectivity index (χ2v) is 5.49. The average Bonchev–Trinajstić information content (AvgIpc) is 2.07. The van der Waals surface area contributed by atoms with E-state index in [0.717, 1.165) is 0 Å². The van der Waals surface area contributed by atoms with E-state index in [1.165, 1.54) is 12.8 Å². The van der Waals surface area contributed by atoms with Crippen LogP contribution in [0, 0.1) is 5.41 Å². The van der Waals surface area contributed by atoms with Gasteiger partial charge in [-0.05, 0) is 32.1 Å². The normalized spacial score (nSPS) is 30.8. The van der Waals surface area contributed by atoms with Gasteiger partial charge in [-0.2, -0.15) is 0 Å². The Balaban J connectivity index is 2.55. The number of hydrogen-bond acceptors (Lipinski definition) is 1. The second-order valence-electron chi connectivity index (χ2n) is 5.49. The topological polar surface area (TPSA) is 12.0 Å². The first-order chi connectivity index (χ1) is 4.81. The summed E-state index contributed by atoms with van der Waals surface area (Å²) in [4.78, 5) is 0. The molecule has 1 unspecified atom stereocenters. The Morgan fingerprint density at radius 1 is 1.27 bits per heavy atom. The van der Waals surface area contributed by atoms with Gasteiger partial charge in [0.15, 0.2) is 0 Å². The third-order valence-electron chi connectivity index (χ3n) is 2.67. The molecule has 0 aromatic rings. The van der Waals surface area contributed by atoms with Gasteiger partial charge < -0.3 is 5.32 Å². The predicted octanol–water partition coefficient (Wildman–Crippen LogP) is 2.56. The minimum absolute atomic E-state index is 0.373. The summed E-state index contributed by atoms with van der Waals surface area (Å²) in [5.74, 6) is 0. The van der Waals surface area contributed by atoms with Crippen LogP contribution < -0.4 is 5.32 Å². The first-order valence-electron chi connectivity index (χ1n) is 4.59. The fourth-order valence-electron chi connectivity index (χ4n) is 1.77. The van der Waals surface area contributed by atoms with Gasteiger partial charge in [0, 0.05) is 11.6 Å². The van der Waals surface area contributed by atoms with Crippen molar-refractivity contribution >= 4 is 0 Å². The van der Waals surface area contributed by atoms with Gasteiger partial charge in [-0.25, -0.2) is 0 Å². The fourth-order valence-corrected chi connectivity index (χ4v) is 1.77. The van der Waals surface area contributed by atoms with E-state index >= 15 is 0 Å². The lowest BCUT2D eigenvalue weighted by Gasteiger charge is -2.30. The molecule has 1 aliphatic heterocycles. The van der Waals surface area contributed by atoms with Crippen molar-refractivity contribution in [1.82, 2.24) is 5.32 Å². The summed E-state index contributed by atoms with van der Waals surface area (Å²) in [5.41, 5.74) is 0.797. The molecule has 1 atom stereocenters. The molecule has 66 valence electrons. The molecule has 1 saturated heterocycles. The molecule has 0 radical (unpaired) electrons. The summed E-state index contributed by atoms with van der Waals surface area (Å²) in [6.45, 7) is 11.5. The number of nitrogens with one attached hydrogen (secondary N) is 1. The van der Waals surface area contributed by atoms with E-state index in [2.05, 4.69) is 39.9 Å². The lowest BCUT2D eigenvalue weighted by Crippen LogP contribution is -2.43. The molecule has 0 aromatic carbocycles. The monoisotopic (exact) mass is 155 g/mol. The molecule has 1 fully saturated rings. The van der Waals surface area contributed by atoms with Crippen LogP contribution in [0.4, 0.5) is 0 Å². The van der Waals surface area contributed by atoms with Gasteiger partial charge >= 0.3 is 0 Å². The summed E-state index contributed by atoms with van der Waals surface area (Å²) in [7, 11) is 0. The Morgan fingerprint density at radius 3 is 2.00 bits per heavy atom. The third-order valence-corrected chi connectivity index (χ3v) is 2.67. The summed E-state index contributed by atoms with van der Waals surface area (Å²) in [6, 6.07) is 0.706. The zero-order valence-corrected chi connectivity index (χ0v) is 8.49. The first kappa shape index (κ1) is 9.05. The van der Waals surface area contributed by atoms with Gasteiger partial charge in [0.2, 0.25) is 0 Å². The van der Waals surface area contributed by atoms with Crippen LogP contribution >= 0.6 is 0 Å². The zero-order valence-electron chi connectivity index (χ0n) is 8.49. The highest BCUT2D eigenvalue weighted by molar-refractivity contribution is 4.95. The lowest BCUT2D eigenvalue weighted by atomic mass is 9.86. The molecule has 0 aliphatic carbocycles. The maximum Gasteiger partial charge on any atom is 0.0128 e. The van der Waals surface area contributed by atoms with Crippen LogP contribution in [0.2, 0.25) is 0 Å². The minimum atomic E-state index is 0.373. The average molecular weight is 155 g/mol. The highest BCUT2D eigenvalue weighted by atomic mass is 15.0. The largest absolute Gasteiger partial charge is 0.309 e. The van der Waals surface area contributed by atoms with E-state index in [0.29, 0.717) is 17.0 Å². The molecule has 11 heavy (non-hydrogen) atoms. The molecule has 0 spiro atoms. The lowest BCUT2D eigenvalue weighted by molar-refractivity contribution is 0.271. The van der Waals surface area contributed by atoms with Gasteiger partial charge in [-0.1, -0.05) is 20.8 Å². The van der Waals surface area contributed by atoms with Crippen LogP contribution in [0.15, 0.2) is 0 Å². The van der Waals surface area contributed by atoms with E-state index in [9.17, 15) is 0 Å². The first-order valence-corrected chi connectivity index (χ1v) is 4.59. The second kappa shape index (κ2) is 2.48. The maximum absolute atomic E-state index is 3.67. The van der Waals surface area contributed by atoms with Crippen molar-refractivity contribution in [3.8, 4) is 0 Å². The van der Waals surface area contributed by atoms with Gasteiger partial charge in [0.05, 0.1) is 0 Å². The SMILES string of the molecule is CC1(C)CCC(C(C)(C)C)N1. The molecule has 1 rings (SSSR count). The molecule has 1 N–H and O–H groups in total. The summed E-state index contributed by atoms with van der Waals surface area (Å²) in [6.07, 6.45) is 2.64. The molecule has 0 aromatic heterocycles. The van der Waals surface area contributed by atoms with E-state index in [-0.39, 0.29) is 0 Å². The summed E-state index contributed by atoms with van der Waals surface area (Å²) < 4.78 is 0. The molecule has 1 heteroatoms. The van der Waals surface area contributed by atoms with Gasteiger partial charge in [0.25, 0.3) is 0 Å². The molecule has 1 heterocycles. The summed E-state index contributed by atoms with van der Waals surface area (Å²) >= 11 is 0. The molecular formula is C10H21N. The Labute approximate surface area is 70.6 Å². The zero-order chi connectivity index (χ0) is 8.70. The minimum Gasteiger partial charge on any atom is -0.309 e. The molecule has 0 saturated carbocycles. The molecule has 0 bridgehead atoms. The Kier molecular flexibility index (Phi) is 2.04. The highest BCUT2D eigenvalue weighted by Gasteiger charge is 2.36. The molecule has 1 nitrogen and oxygen atoms in total. The fraction of sp³-hybridized carbons (Fsp3) is 1.00. The van der Waals surface area contributed by atoms with Crippen molar-refractivity contribution in [2.24, 2.45) is 5.41 Å². The smallest absolute Gasteiger partial charge is 0.0128 e. The van der Waals surface area contributed by atoms with Crippen molar-refractivity contribution in [2.75, 3.05) is 0 Å². The van der Waals surface area contributed by atoms with Crippen LogP contribution in [-0.4, -0.2) is 11.6 Å². The number of rotatable bonds is 0. The van der Waals surface area contributed by atoms with E-state index < -0.39 is 0 Å². The van der Waals surface area contributed by atoms with Crippen molar-refractivity contribution < 1.29 is 0 Å². The van der Waals surface area contributed by atoms with Crippen molar-refractivity contribution in [3.05, 3.63) is 0 Å². The van der Waals surface area contributed by atoms with Crippen molar-refractivity contribution in [1.29, 1.82) is 0 Å². The highest BCUT2D eigenvalue weighted by Crippen LogP contribution is 2.32. The Morgan fingerprint density at radius 2 is 1.82 bits per heavy atom. The predicted molar refractivity (Wildman–Crippen MR) is 49.7 cm³/mol. The van der Waals surface area contributed by atoms with Crippen molar-refractivity contribution in [2.45, 2.75) is 59.0 Å². The van der Waals surface area contributed by atoms with Crippen molar-refractivity contribution in [3.63, 3.8) is 0 Å². The van der Waals surface area contributed by atoms with E-state index in [1.54, 1.807) is 0 Å². The Bertz CT molecular complexity index is 141. The molecular weight excluding hydrogens is 134 g/mol. The number of hydrogen-bond donors (Lipinski definition) is 1. The standard InChI is InChI=1S/C10H21N/c1-9(2,3)8-6-7-10(4,5)11-8/h8,11H,6-7H2,1-5H3. The Hall–Kier alpha value is -0.0400. The van der Waals surface area contributed by atoms with Crippen LogP contribution in [-0.2, 0) is 0 Å². The van der Waals surface area contributed by atoms with Gasteiger partial charge in [-0.3, -0.25) is 0 Å². The van der Waals surface area contributed by atoms with Crippen LogP contribution in [0.3, 0.4) is 0 Å². The third kappa shape index (κ3) is 2.19. The molecule has 0 amide bonds. The van der Waals surface area contributed by atoms with Crippen LogP contribution in [0.5, 0.6) is 0 Å². The van der Waals surface area contributed by atoms with E-state index in [4.69, 9.17) is 0 Å². The summed E-state index contributed by atoms with van der Waals surface area (Å²) in [5, 5.41) is 3.67. The van der Waals surface area contributed by atoms with Crippen LogP contribution in [0.1, 0.15) is 47.5 Å². The molecule has 1 aliphatic rings. The van der Waals surface area contributed by atoms with Crippen LogP contribution in [0.25, 0.3) is 0 Å². The maximum atomic E-state index is 3.67. The van der Waals surface area contributed by atoms with Gasteiger partial charge in [-0.15, -0.1) is 0 Å². The van der Waals surface area contributed by atoms with Gasteiger partial charge in [0.1, 0.15) is 0 Å². The quantitative estimate of drug-likeness (QED) is 0.567. The van der Waals surface area contributed by atoms with E-state index in [1.807, 2.05) is 0 Å².